The van der Waals surface area contributed by atoms with Gasteiger partial charge < -0.3 is 10.4 Å². The van der Waals surface area contributed by atoms with Gasteiger partial charge in [-0.3, -0.25) is 0 Å². The molecule has 16 heavy (non-hydrogen) atoms. The van der Waals surface area contributed by atoms with Crippen LogP contribution in [0.1, 0.15) is 24.8 Å². The molecule has 0 bridgehead atoms. The molecule has 86 valence electrons. The molecule has 0 unspecified atom stereocenters. The van der Waals surface area contributed by atoms with E-state index in [1.54, 1.807) is 6.07 Å². The van der Waals surface area contributed by atoms with Gasteiger partial charge in [-0.05, 0) is 53.0 Å². The van der Waals surface area contributed by atoms with Crippen LogP contribution in [0.25, 0.3) is 0 Å². The predicted octanol–water partition coefficient (Wildman–Crippen LogP) is 3.05. The summed E-state index contributed by atoms with van der Waals surface area (Å²) >= 11 is 3.29. The topological polar surface area (TPSA) is 32.3 Å². The molecule has 0 heterocycles. The van der Waals surface area contributed by atoms with Crippen LogP contribution in [0.3, 0.4) is 0 Å². The molecule has 0 fully saturated rings. The molecule has 0 aromatic heterocycles. The first-order chi connectivity index (χ1) is 7.74. The predicted molar refractivity (Wildman–Crippen MR) is 70.2 cm³/mol. The molecule has 0 atom stereocenters. The second-order valence-electron chi connectivity index (χ2n) is 3.62. The quantitative estimate of drug-likeness (QED) is 0.621. The minimum absolute atomic E-state index is 0.276. The summed E-state index contributed by atoms with van der Waals surface area (Å²) in [4.78, 5) is 0. The van der Waals surface area contributed by atoms with Crippen molar-refractivity contribution in [3.63, 3.8) is 0 Å². The molecule has 2 nitrogen and oxygen atoms in total. The first kappa shape index (κ1) is 13.1. The fraction of sp³-hybridized carbons (Fsp3) is 0.385. The Balaban J connectivity index is 2.22. The molecule has 2 N–H and O–H groups in total. The van der Waals surface area contributed by atoms with Crippen molar-refractivity contribution < 1.29 is 5.11 Å². The van der Waals surface area contributed by atoms with E-state index in [0.717, 1.165) is 42.4 Å². The van der Waals surface area contributed by atoms with Gasteiger partial charge >= 0.3 is 0 Å². The van der Waals surface area contributed by atoms with Gasteiger partial charge in [0.2, 0.25) is 0 Å². The van der Waals surface area contributed by atoms with Gasteiger partial charge in [0, 0.05) is 13.0 Å². The van der Waals surface area contributed by atoms with Gasteiger partial charge in [-0.15, -0.1) is 12.3 Å². The van der Waals surface area contributed by atoms with Crippen molar-refractivity contribution in [1.29, 1.82) is 0 Å². The van der Waals surface area contributed by atoms with E-state index in [1.807, 2.05) is 12.1 Å². The van der Waals surface area contributed by atoms with Crippen LogP contribution in [0.5, 0.6) is 5.75 Å². The highest BCUT2D eigenvalue weighted by molar-refractivity contribution is 9.10. The summed E-state index contributed by atoms with van der Waals surface area (Å²) in [5, 5.41) is 12.7. The Morgan fingerprint density at radius 1 is 1.38 bits per heavy atom. The summed E-state index contributed by atoms with van der Waals surface area (Å²) in [5.41, 5.74) is 1.15. The van der Waals surface area contributed by atoms with Crippen molar-refractivity contribution in [2.75, 3.05) is 6.54 Å². The summed E-state index contributed by atoms with van der Waals surface area (Å²) in [6, 6.07) is 5.53. The zero-order chi connectivity index (χ0) is 11.8. The number of rotatable bonds is 6. The molecular weight excluding hydrogens is 266 g/mol. The Labute approximate surface area is 105 Å². The Kier molecular flexibility index (Phi) is 5.99. The molecular formula is C13H16BrNO. The fourth-order valence-electron chi connectivity index (χ4n) is 1.37. The molecule has 0 aliphatic heterocycles. The Morgan fingerprint density at radius 2 is 2.19 bits per heavy atom. The lowest BCUT2D eigenvalue weighted by atomic mass is 10.2. The van der Waals surface area contributed by atoms with Crippen LogP contribution >= 0.6 is 15.9 Å². The van der Waals surface area contributed by atoms with E-state index in [1.165, 1.54) is 0 Å². The van der Waals surface area contributed by atoms with E-state index in [9.17, 15) is 5.11 Å². The van der Waals surface area contributed by atoms with Gasteiger partial charge in [0.15, 0.2) is 0 Å². The molecule has 1 rings (SSSR count). The highest BCUT2D eigenvalue weighted by Crippen LogP contribution is 2.24. The van der Waals surface area contributed by atoms with E-state index in [-0.39, 0.29) is 5.75 Å². The second kappa shape index (κ2) is 7.32. The number of benzene rings is 1. The van der Waals surface area contributed by atoms with Gasteiger partial charge in [0.25, 0.3) is 0 Å². The van der Waals surface area contributed by atoms with Crippen LogP contribution in [0.4, 0.5) is 0 Å². The van der Waals surface area contributed by atoms with E-state index >= 15 is 0 Å². The number of halogens is 1. The van der Waals surface area contributed by atoms with E-state index in [4.69, 9.17) is 6.42 Å². The third kappa shape index (κ3) is 4.69. The first-order valence-electron chi connectivity index (χ1n) is 5.35. The van der Waals surface area contributed by atoms with E-state index in [2.05, 4.69) is 27.2 Å². The minimum Gasteiger partial charge on any atom is -0.507 e. The molecule has 0 radical (unpaired) electrons. The van der Waals surface area contributed by atoms with Crippen molar-refractivity contribution in [3.8, 4) is 18.1 Å². The standard InChI is InChI=1S/C13H16BrNO/c1-2-3-4-5-8-15-10-11-6-7-13(16)12(14)9-11/h1,6-7,9,15-16H,3-5,8,10H2. The normalized spacial score (nSPS) is 10.0. The highest BCUT2D eigenvalue weighted by atomic mass is 79.9. The van der Waals surface area contributed by atoms with Gasteiger partial charge in [-0.2, -0.15) is 0 Å². The number of phenolic OH excluding ortho intramolecular Hbond substituents is 1. The third-order valence-electron chi connectivity index (χ3n) is 2.27. The van der Waals surface area contributed by atoms with Gasteiger partial charge in [0.1, 0.15) is 5.75 Å². The Bertz CT molecular complexity index is 371. The van der Waals surface area contributed by atoms with Crippen molar-refractivity contribution in [2.24, 2.45) is 0 Å². The number of phenols is 1. The van der Waals surface area contributed by atoms with Crippen molar-refractivity contribution in [3.05, 3.63) is 28.2 Å². The maximum atomic E-state index is 9.33. The van der Waals surface area contributed by atoms with Crippen molar-refractivity contribution in [2.45, 2.75) is 25.8 Å². The molecule has 3 heteroatoms. The van der Waals surface area contributed by atoms with Crippen molar-refractivity contribution >= 4 is 15.9 Å². The number of hydrogen-bond donors (Lipinski definition) is 2. The molecule has 1 aromatic rings. The number of nitrogens with one attached hydrogen (secondary N) is 1. The lowest BCUT2D eigenvalue weighted by Gasteiger charge is -2.05. The van der Waals surface area contributed by atoms with E-state index < -0.39 is 0 Å². The first-order valence-corrected chi connectivity index (χ1v) is 6.15. The lowest BCUT2D eigenvalue weighted by molar-refractivity contribution is 0.471. The number of hydrogen-bond acceptors (Lipinski definition) is 2. The number of terminal acetylenes is 1. The molecule has 0 saturated heterocycles. The van der Waals surface area contributed by atoms with Crippen LogP contribution in [0.15, 0.2) is 22.7 Å². The summed E-state index contributed by atoms with van der Waals surface area (Å²) in [5.74, 6) is 2.90. The largest absolute Gasteiger partial charge is 0.507 e. The molecule has 0 spiro atoms. The molecule has 0 amide bonds. The van der Waals surface area contributed by atoms with Crippen LogP contribution in [-0.4, -0.2) is 11.7 Å². The average Bonchev–Trinajstić information content (AvgIpc) is 2.28. The highest BCUT2D eigenvalue weighted by Gasteiger charge is 1.98. The SMILES string of the molecule is C#CCCCCNCc1ccc(O)c(Br)c1. The third-order valence-corrected chi connectivity index (χ3v) is 2.90. The second-order valence-corrected chi connectivity index (χ2v) is 4.48. The van der Waals surface area contributed by atoms with E-state index in [0.29, 0.717) is 0 Å². The molecule has 0 saturated carbocycles. The smallest absolute Gasteiger partial charge is 0.129 e. The number of aromatic hydroxyl groups is 1. The maximum Gasteiger partial charge on any atom is 0.129 e. The summed E-state index contributed by atoms with van der Waals surface area (Å²) in [6.07, 6.45) is 8.19. The molecule has 0 aliphatic carbocycles. The lowest BCUT2D eigenvalue weighted by Crippen LogP contribution is -2.14. The minimum atomic E-state index is 0.276. The fourth-order valence-corrected chi connectivity index (χ4v) is 1.80. The zero-order valence-corrected chi connectivity index (χ0v) is 10.8. The summed E-state index contributed by atoms with van der Waals surface area (Å²) < 4.78 is 0.735. The average molecular weight is 282 g/mol. The molecule has 1 aromatic carbocycles. The molecule has 0 aliphatic rings. The number of unbranched alkanes of at least 4 members (excludes halogenated alkanes) is 2. The summed E-state index contributed by atoms with van der Waals surface area (Å²) in [6.45, 7) is 1.79. The van der Waals surface area contributed by atoms with Gasteiger partial charge in [-0.1, -0.05) is 6.07 Å². The van der Waals surface area contributed by atoms with Gasteiger partial charge in [0.05, 0.1) is 4.47 Å². The summed E-state index contributed by atoms with van der Waals surface area (Å²) in [7, 11) is 0. The van der Waals surface area contributed by atoms with Crippen LogP contribution in [0.2, 0.25) is 0 Å². The van der Waals surface area contributed by atoms with Crippen LogP contribution in [0, 0.1) is 12.3 Å². The zero-order valence-electron chi connectivity index (χ0n) is 9.17. The monoisotopic (exact) mass is 281 g/mol. The van der Waals surface area contributed by atoms with Crippen LogP contribution < -0.4 is 5.32 Å². The van der Waals surface area contributed by atoms with Crippen LogP contribution in [-0.2, 0) is 6.54 Å². The van der Waals surface area contributed by atoms with Crippen molar-refractivity contribution in [1.82, 2.24) is 5.32 Å². The Morgan fingerprint density at radius 3 is 2.88 bits per heavy atom. The maximum absolute atomic E-state index is 9.33. The van der Waals surface area contributed by atoms with Gasteiger partial charge in [-0.25, -0.2) is 0 Å². The Hall–Kier alpha value is -0.980.